The lowest BCUT2D eigenvalue weighted by atomic mass is 10.2. The molecule has 1 amide bonds. The highest BCUT2D eigenvalue weighted by Gasteiger charge is 2.14. The van der Waals surface area contributed by atoms with E-state index in [1.54, 1.807) is 0 Å². The SMILES string of the molecule is Cc1nc(NCCNC(=O)c2ccncc2F)cc(N2CCOCC2)n1. The number of morpholine rings is 1. The maximum atomic E-state index is 13.5. The van der Waals surface area contributed by atoms with Crippen LogP contribution in [0.5, 0.6) is 0 Å². The number of hydrogen-bond acceptors (Lipinski definition) is 7. The first kappa shape index (κ1) is 18.0. The van der Waals surface area contributed by atoms with Crippen molar-refractivity contribution in [2.24, 2.45) is 0 Å². The van der Waals surface area contributed by atoms with Gasteiger partial charge in [0.1, 0.15) is 17.5 Å². The van der Waals surface area contributed by atoms with E-state index in [1.165, 1.54) is 12.3 Å². The number of nitrogens with zero attached hydrogens (tertiary/aromatic N) is 4. The largest absolute Gasteiger partial charge is 0.378 e. The summed E-state index contributed by atoms with van der Waals surface area (Å²) >= 11 is 0. The maximum Gasteiger partial charge on any atom is 0.254 e. The van der Waals surface area contributed by atoms with Crippen LogP contribution >= 0.6 is 0 Å². The fraction of sp³-hybridized carbons (Fsp3) is 0.412. The second-order valence-electron chi connectivity index (χ2n) is 5.80. The number of nitrogens with one attached hydrogen (secondary N) is 2. The minimum atomic E-state index is -0.639. The molecule has 3 rings (SSSR count). The number of ether oxygens (including phenoxy) is 1. The van der Waals surface area contributed by atoms with Gasteiger partial charge < -0.3 is 20.3 Å². The summed E-state index contributed by atoms with van der Waals surface area (Å²) in [5.41, 5.74) is -0.0208. The third-order valence-electron chi connectivity index (χ3n) is 3.89. The fourth-order valence-corrected chi connectivity index (χ4v) is 2.62. The Balaban J connectivity index is 1.52. The predicted octanol–water partition coefficient (Wildman–Crippen LogP) is 0.998. The Labute approximate surface area is 150 Å². The van der Waals surface area contributed by atoms with Crippen molar-refractivity contribution in [2.45, 2.75) is 6.92 Å². The Morgan fingerprint density at radius 2 is 2.12 bits per heavy atom. The van der Waals surface area contributed by atoms with Gasteiger partial charge in [-0.2, -0.15) is 0 Å². The first-order chi connectivity index (χ1) is 12.6. The number of aryl methyl sites for hydroxylation is 1. The summed E-state index contributed by atoms with van der Waals surface area (Å²) in [5.74, 6) is 1.09. The van der Waals surface area contributed by atoms with Gasteiger partial charge in [-0.1, -0.05) is 0 Å². The van der Waals surface area contributed by atoms with Gasteiger partial charge in [-0.15, -0.1) is 0 Å². The van der Waals surface area contributed by atoms with E-state index in [1.807, 2.05) is 13.0 Å². The first-order valence-electron chi connectivity index (χ1n) is 8.43. The van der Waals surface area contributed by atoms with Crippen molar-refractivity contribution >= 4 is 17.5 Å². The molecule has 0 bridgehead atoms. The van der Waals surface area contributed by atoms with Crippen LogP contribution in [0.2, 0.25) is 0 Å². The smallest absolute Gasteiger partial charge is 0.254 e. The van der Waals surface area contributed by atoms with Crippen LogP contribution in [0.25, 0.3) is 0 Å². The second-order valence-corrected chi connectivity index (χ2v) is 5.80. The van der Waals surface area contributed by atoms with Crippen molar-refractivity contribution in [3.05, 3.63) is 41.7 Å². The molecule has 2 N–H and O–H groups in total. The summed E-state index contributed by atoms with van der Waals surface area (Å²) in [6, 6.07) is 3.23. The molecular formula is C17H21FN6O2. The van der Waals surface area contributed by atoms with Crippen molar-refractivity contribution in [3.63, 3.8) is 0 Å². The van der Waals surface area contributed by atoms with Gasteiger partial charge in [0.15, 0.2) is 5.82 Å². The number of halogens is 1. The molecule has 0 saturated carbocycles. The van der Waals surface area contributed by atoms with E-state index in [9.17, 15) is 9.18 Å². The van der Waals surface area contributed by atoms with Crippen molar-refractivity contribution in [1.82, 2.24) is 20.3 Å². The Hall–Kier alpha value is -2.81. The molecule has 0 atom stereocenters. The van der Waals surface area contributed by atoms with Gasteiger partial charge in [0, 0.05) is 38.4 Å². The molecule has 2 aromatic rings. The monoisotopic (exact) mass is 360 g/mol. The van der Waals surface area contributed by atoms with E-state index in [0.29, 0.717) is 37.9 Å². The zero-order chi connectivity index (χ0) is 18.4. The van der Waals surface area contributed by atoms with E-state index in [2.05, 4.69) is 30.5 Å². The lowest BCUT2D eigenvalue weighted by Gasteiger charge is -2.28. The fourth-order valence-electron chi connectivity index (χ4n) is 2.62. The maximum absolute atomic E-state index is 13.5. The Morgan fingerprint density at radius 1 is 1.31 bits per heavy atom. The Morgan fingerprint density at radius 3 is 2.88 bits per heavy atom. The highest BCUT2D eigenvalue weighted by Crippen LogP contribution is 2.16. The van der Waals surface area contributed by atoms with Crippen LogP contribution in [-0.2, 0) is 4.74 Å². The number of pyridine rings is 1. The van der Waals surface area contributed by atoms with Gasteiger partial charge in [-0.05, 0) is 13.0 Å². The highest BCUT2D eigenvalue weighted by atomic mass is 19.1. The molecule has 0 spiro atoms. The van der Waals surface area contributed by atoms with E-state index in [0.717, 1.165) is 25.1 Å². The number of carbonyl (C=O) groups excluding carboxylic acids is 1. The van der Waals surface area contributed by atoms with E-state index < -0.39 is 11.7 Å². The predicted molar refractivity (Wildman–Crippen MR) is 94.8 cm³/mol. The molecular weight excluding hydrogens is 339 g/mol. The molecule has 138 valence electrons. The Kier molecular flexibility index (Phi) is 5.90. The molecule has 1 fully saturated rings. The van der Waals surface area contributed by atoms with Gasteiger partial charge in [-0.25, -0.2) is 14.4 Å². The topological polar surface area (TPSA) is 92.3 Å². The van der Waals surface area contributed by atoms with Crippen LogP contribution in [0.15, 0.2) is 24.5 Å². The van der Waals surface area contributed by atoms with Crippen molar-refractivity contribution < 1.29 is 13.9 Å². The lowest BCUT2D eigenvalue weighted by molar-refractivity contribution is 0.0951. The Bertz CT molecular complexity index is 767. The molecule has 1 saturated heterocycles. The summed E-state index contributed by atoms with van der Waals surface area (Å²) < 4.78 is 18.9. The summed E-state index contributed by atoms with van der Waals surface area (Å²) in [6.45, 7) is 5.58. The van der Waals surface area contributed by atoms with Crippen LogP contribution in [0.3, 0.4) is 0 Å². The molecule has 0 aromatic carbocycles. The molecule has 0 unspecified atom stereocenters. The molecule has 0 radical (unpaired) electrons. The highest BCUT2D eigenvalue weighted by molar-refractivity contribution is 5.94. The summed E-state index contributed by atoms with van der Waals surface area (Å²) in [6.07, 6.45) is 2.40. The average molecular weight is 360 g/mol. The van der Waals surface area contributed by atoms with Crippen molar-refractivity contribution in [2.75, 3.05) is 49.6 Å². The number of carbonyl (C=O) groups is 1. The normalized spacial score (nSPS) is 14.2. The number of hydrogen-bond donors (Lipinski definition) is 2. The van der Waals surface area contributed by atoms with Gasteiger partial charge in [-0.3, -0.25) is 9.78 Å². The average Bonchev–Trinajstić information content (AvgIpc) is 2.66. The molecule has 3 heterocycles. The minimum Gasteiger partial charge on any atom is -0.378 e. The molecule has 0 aliphatic carbocycles. The summed E-state index contributed by atoms with van der Waals surface area (Å²) in [7, 11) is 0. The van der Waals surface area contributed by atoms with Gasteiger partial charge in [0.05, 0.1) is 25.0 Å². The van der Waals surface area contributed by atoms with E-state index >= 15 is 0 Å². The molecule has 26 heavy (non-hydrogen) atoms. The summed E-state index contributed by atoms with van der Waals surface area (Å²) in [5, 5.41) is 5.82. The van der Waals surface area contributed by atoms with Crippen LogP contribution in [0.4, 0.5) is 16.0 Å². The zero-order valence-corrected chi connectivity index (χ0v) is 14.5. The van der Waals surface area contributed by atoms with Crippen LogP contribution in [0.1, 0.15) is 16.2 Å². The third kappa shape index (κ3) is 4.63. The van der Waals surface area contributed by atoms with Crippen molar-refractivity contribution in [1.29, 1.82) is 0 Å². The second kappa shape index (κ2) is 8.52. The third-order valence-corrected chi connectivity index (χ3v) is 3.89. The molecule has 9 heteroatoms. The van der Waals surface area contributed by atoms with Crippen LogP contribution in [-0.4, -0.2) is 60.3 Å². The van der Waals surface area contributed by atoms with Crippen molar-refractivity contribution in [3.8, 4) is 0 Å². The van der Waals surface area contributed by atoms with E-state index in [-0.39, 0.29) is 5.56 Å². The zero-order valence-electron chi connectivity index (χ0n) is 14.5. The minimum absolute atomic E-state index is 0.0208. The molecule has 2 aromatic heterocycles. The van der Waals surface area contributed by atoms with E-state index in [4.69, 9.17) is 4.74 Å². The molecule has 1 aliphatic heterocycles. The van der Waals surface area contributed by atoms with Gasteiger partial charge in [0.2, 0.25) is 0 Å². The van der Waals surface area contributed by atoms with Gasteiger partial charge in [0.25, 0.3) is 5.91 Å². The van der Waals surface area contributed by atoms with Crippen LogP contribution < -0.4 is 15.5 Å². The number of rotatable bonds is 6. The number of anilines is 2. The summed E-state index contributed by atoms with van der Waals surface area (Å²) in [4.78, 5) is 26.5. The lowest BCUT2D eigenvalue weighted by Crippen LogP contribution is -2.37. The first-order valence-corrected chi connectivity index (χ1v) is 8.43. The molecule has 8 nitrogen and oxygen atoms in total. The quantitative estimate of drug-likeness (QED) is 0.743. The number of amides is 1. The number of aromatic nitrogens is 3. The van der Waals surface area contributed by atoms with Gasteiger partial charge >= 0.3 is 0 Å². The standard InChI is InChI=1S/C17H21FN6O2/c1-12-22-15(10-16(23-12)24-6-8-26-9-7-24)20-4-5-21-17(25)13-2-3-19-11-14(13)18/h2-3,10-11H,4-9H2,1H3,(H,21,25)(H,20,22,23). The van der Waals surface area contributed by atoms with Crippen LogP contribution in [0, 0.1) is 12.7 Å². The molecule has 1 aliphatic rings.